The van der Waals surface area contributed by atoms with E-state index in [0.29, 0.717) is 5.13 Å². The number of aromatic nitrogens is 3. The number of anilines is 1. The fourth-order valence-corrected chi connectivity index (χ4v) is 2.04. The lowest BCUT2D eigenvalue weighted by atomic mass is 10.4. The zero-order chi connectivity index (χ0) is 9.97. The number of nitrogens with two attached hydrogens (primary N) is 1. The quantitative estimate of drug-likeness (QED) is 0.839. The minimum Gasteiger partial charge on any atom is -0.375 e. The molecule has 0 spiro atoms. The van der Waals surface area contributed by atoms with Gasteiger partial charge in [0.15, 0.2) is 11.0 Å². The van der Waals surface area contributed by atoms with Gasteiger partial charge in [0.2, 0.25) is 0 Å². The summed E-state index contributed by atoms with van der Waals surface area (Å²) < 4.78 is 2.12. The fourth-order valence-electron chi connectivity index (χ4n) is 1.35. The van der Waals surface area contributed by atoms with Crippen molar-refractivity contribution < 1.29 is 0 Å². The zero-order valence-corrected chi connectivity index (χ0v) is 8.79. The fraction of sp³-hybridized carbons (Fsp3) is 0.333. The second-order valence-electron chi connectivity index (χ2n) is 3.01. The van der Waals surface area contributed by atoms with Gasteiger partial charge in [0.05, 0.1) is 11.1 Å². The Hall–Kier alpha value is -1.36. The lowest BCUT2D eigenvalue weighted by Gasteiger charge is -2.02. The summed E-state index contributed by atoms with van der Waals surface area (Å²) in [5.74, 6) is 0.959. The van der Waals surface area contributed by atoms with Gasteiger partial charge >= 0.3 is 0 Å². The van der Waals surface area contributed by atoms with Crippen LogP contribution in [0.3, 0.4) is 0 Å². The van der Waals surface area contributed by atoms with Crippen LogP contribution in [0.25, 0.3) is 10.7 Å². The molecule has 0 aliphatic carbocycles. The first-order valence-corrected chi connectivity index (χ1v) is 5.35. The van der Waals surface area contributed by atoms with Crippen LogP contribution in [0.4, 0.5) is 5.13 Å². The second kappa shape index (κ2) is 3.79. The molecule has 0 bridgehead atoms. The van der Waals surface area contributed by atoms with Gasteiger partial charge in [-0.15, -0.1) is 0 Å². The van der Waals surface area contributed by atoms with Crippen molar-refractivity contribution >= 4 is 16.5 Å². The van der Waals surface area contributed by atoms with Crippen molar-refractivity contribution in [2.45, 2.75) is 19.9 Å². The third-order valence-corrected chi connectivity index (χ3v) is 2.75. The molecule has 0 saturated carbocycles. The molecule has 0 saturated heterocycles. The number of nitrogens with zero attached hydrogens (tertiary/aromatic N) is 3. The minimum atomic E-state index is 0.589. The average Bonchev–Trinajstić information content (AvgIpc) is 2.74. The number of rotatable bonds is 3. The summed E-state index contributed by atoms with van der Waals surface area (Å²) in [5.41, 5.74) is 5.58. The monoisotopic (exact) mass is 208 g/mol. The van der Waals surface area contributed by atoms with Gasteiger partial charge in [-0.2, -0.15) is 0 Å². The molecule has 2 aromatic heterocycles. The van der Waals surface area contributed by atoms with E-state index in [2.05, 4.69) is 21.5 Å². The van der Waals surface area contributed by atoms with Gasteiger partial charge in [0.25, 0.3) is 0 Å². The number of thiazole rings is 1. The highest BCUT2D eigenvalue weighted by molar-refractivity contribution is 7.18. The molecule has 0 radical (unpaired) electrons. The van der Waals surface area contributed by atoms with Gasteiger partial charge in [-0.1, -0.05) is 18.3 Å². The van der Waals surface area contributed by atoms with Gasteiger partial charge in [-0.25, -0.2) is 9.97 Å². The number of hydrogen-bond acceptors (Lipinski definition) is 4. The van der Waals surface area contributed by atoms with E-state index in [1.165, 1.54) is 11.3 Å². The SMILES string of the molecule is CCCn1ccnc1-c1cnc(N)s1. The van der Waals surface area contributed by atoms with Crippen molar-refractivity contribution in [3.63, 3.8) is 0 Å². The lowest BCUT2D eigenvalue weighted by Crippen LogP contribution is -1.96. The van der Waals surface area contributed by atoms with Crippen LogP contribution in [0, 0.1) is 0 Å². The summed E-state index contributed by atoms with van der Waals surface area (Å²) in [5, 5.41) is 0.589. The number of aryl methyl sites for hydroxylation is 1. The Bertz CT molecular complexity index is 418. The standard InChI is InChI=1S/C9H12N4S/c1-2-4-13-5-3-11-8(13)7-6-12-9(10)14-7/h3,5-6H,2,4H2,1H3,(H2,10,12). The first-order valence-electron chi connectivity index (χ1n) is 4.54. The highest BCUT2D eigenvalue weighted by Gasteiger charge is 2.07. The van der Waals surface area contributed by atoms with E-state index in [9.17, 15) is 0 Å². The van der Waals surface area contributed by atoms with E-state index in [0.717, 1.165) is 23.7 Å². The van der Waals surface area contributed by atoms with E-state index >= 15 is 0 Å². The van der Waals surface area contributed by atoms with Crippen LogP contribution in [-0.2, 0) is 6.54 Å². The first kappa shape index (κ1) is 9.21. The summed E-state index contributed by atoms with van der Waals surface area (Å²) in [6.45, 7) is 3.12. The van der Waals surface area contributed by atoms with Crippen molar-refractivity contribution in [1.29, 1.82) is 0 Å². The van der Waals surface area contributed by atoms with E-state index in [-0.39, 0.29) is 0 Å². The third kappa shape index (κ3) is 1.63. The Kier molecular flexibility index (Phi) is 2.49. The number of nitrogen functional groups attached to an aromatic ring is 1. The Balaban J connectivity index is 2.36. The van der Waals surface area contributed by atoms with Crippen LogP contribution >= 0.6 is 11.3 Å². The summed E-state index contributed by atoms with van der Waals surface area (Å²) >= 11 is 1.47. The van der Waals surface area contributed by atoms with Gasteiger partial charge in [-0.05, 0) is 6.42 Å². The molecule has 5 heteroatoms. The first-order chi connectivity index (χ1) is 6.81. The van der Waals surface area contributed by atoms with Crippen molar-refractivity contribution in [3.8, 4) is 10.7 Å². The summed E-state index contributed by atoms with van der Waals surface area (Å²) in [6, 6.07) is 0. The smallest absolute Gasteiger partial charge is 0.180 e. The average molecular weight is 208 g/mol. The summed E-state index contributed by atoms with van der Waals surface area (Å²) in [4.78, 5) is 9.34. The molecule has 0 aliphatic heterocycles. The lowest BCUT2D eigenvalue weighted by molar-refractivity contribution is 0.686. The molecule has 2 N–H and O–H groups in total. The van der Waals surface area contributed by atoms with Crippen molar-refractivity contribution in [2.24, 2.45) is 0 Å². The molecule has 0 atom stereocenters. The Morgan fingerprint density at radius 3 is 3.00 bits per heavy atom. The normalized spacial score (nSPS) is 10.6. The number of hydrogen-bond donors (Lipinski definition) is 1. The molecule has 2 aromatic rings. The van der Waals surface area contributed by atoms with E-state index in [1.807, 2.05) is 6.20 Å². The Morgan fingerprint density at radius 2 is 2.36 bits per heavy atom. The van der Waals surface area contributed by atoms with Crippen LogP contribution in [0.2, 0.25) is 0 Å². The second-order valence-corrected chi connectivity index (χ2v) is 4.07. The number of imidazole rings is 1. The van der Waals surface area contributed by atoms with Crippen molar-refractivity contribution in [3.05, 3.63) is 18.6 Å². The highest BCUT2D eigenvalue weighted by atomic mass is 32.1. The Labute approximate surface area is 86.4 Å². The van der Waals surface area contributed by atoms with Crippen LogP contribution in [0.15, 0.2) is 18.6 Å². The molecular formula is C9H12N4S. The molecule has 0 fully saturated rings. The maximum Gasteiger partial charge on any atom is 0.180 e. The summed E-state index contributed by atoms with van der Waals surface area (Å²) in [6.07, 6.45) is 6.65. The van der Waals surface area contributed by atoms with Gasteiger partial charge in [-0.3, -0.25) is 0 Å². The molecule has 74 valence electrons. The van der Waals surface area contributed by atoms with Crippen molar-refractivity contribution in [2.75, 3.05) is 5.73 Å². The molecular weight excluding hydrogens is 196 g/mol. The molecule has 0 aromatic carbocycles. The Morgan fingerprint density at radius 1 is 1.50 bits per heavy atom. The van der Waals surface area contributed by atoms with Gasteiger partial charge in [0.1, 0.15) is 0 Å². The van der Waals surface area contributed by atoms with Crippen LogP contribution in [-0.4, -0.2) is 14.5 Å². The maximum atomic E-state index is 5.58. The van der Waals surface area contributed by atoms with Crippen LogP contribution in [0.1, 0.15) is 13.3 Å². The van der Waals surface area contributed by atoms with Crippen molar-refractivity contribution in [1.82, 2.24) is 14.5 Å². The molecule has 0 aliphatic rings. The van der Waals surface area contributed by atoms with E-state index < -0.39 is 0 Å². The molecule has 2 rings (SSSR count). The van der Waals surface area contributed by atoms with Crippen LogP contribution < -0.4 is 5.73 Å². The summed E-state index contributed by atoms with van der Waals surface area (Å²) in [7, 11) is 0. The minimum absolute atomic E-state index is 0.589. The van der Waals surface area contributed by atoms with Crippen LogP contribution in [0.5, 0.6) is 0 Å². The molecule has 0 amide bonds. The van der Waals surface area contributed by atoms with Gasteiger partial charge < -0.3 is 10.3 Å². The predicted octanol–water partition coefficient (Wildman–Crippen LogP) is 2.00. The van der Waals surface area contributed by atoms with E-state index in [1.54, 1.807) is 12.4 Å². The maximum absolute atomic E-state index is 5.58. The molecule has 4 nitrogen and oxygen atoms in total. The molecule has 2 heterocycles. The third-order valence-electron chi connectivity index (χ3n) is 1.92. The predicted molar refractivity (Wildman–Crippen MR) is 58.0 cm³/mol. The largest absolute Gasteiger partial charge is 0.375 e. The van der Waals surface area contributed by atoms with Gasteiger partial charge in [0, 0.05) is 18.9 Å². The van der Waals surface area contributed by atoms with E-state index in [4.69, 9.17) is 5.73 Å². The highest BCUT2D eigenvalue weighted by Crippen LogP contribution is 2.25. The molecule has 14 heavy (non-hydrogen) atoms. The molecule has 0 unspecified atom stereocenters. The topological polar surface area (TPSA) is 56.7 Å². The zero-order valence-electron chi connectivity index (χ0n) is 7.97.